The van der Waals surface area contributed by atoms with E-state index in [1.165, 1.54) is 12.1 Å². The minimum atomic E-state index is -0.383. The molecule has 3 heterocycles. The molecule has 1 atom stereocenters. The van der Waals surface area contributed by atoms with Crippen molar-refractivity contribution >= 4 is 0 Å². The highest BCUT2D eigenvalue weighted by molar-refractivity contribution is 5.45. The van der Waals surface area contributed by atoms with E-state index in [4.69, 9.17) is 4.52 Å². The van der Waals surface area contributed by atoms with Crippen molar-refractivity contribution in [1.82, 2.24) is 20.4 Å². The zero-order valence-corrected chi connectivity index (χ0v) is 9.06. The van der Waals surface area contributed by atoms with Gasteiger partial charge < -0.3 is 9.84 Å². The van der Waals surface area contributed by atoms with Gasteiger partial charge in [0.15, 0.2) is 5.82 Å². The number of aromatic nitrogens is 3. The Labute approximate surface area is 97.1 Å². The molecule has 0 radical (unpaired) electrons. The minimum absolute atomic E-state index is 0.160. The van der Waals surface area contributed by atoms with Gasteiger partial charge in [-0.05, 0) is 31.5 Å². The Kier molecular flexibility index (Phi) is 2.56. The van der Waals surface area contributed by atoms with Gasteiger partial charge in [0.2, 0.25) is 0 Å². The Morgan fingerprint density at radius 1 is 1.41 bits per heavy atom. The third-order valence-electron chi connectivity index (χ3n) is 2.76. The van der Waals surface area contributed by atoms with Crippen LogP contribution in [0.2, 0.25) is 0 Å². The van der Waals surface area contributed by atoms with Crippen molar-refractivity contribution in [2.45, 2.75) is 18.9 Å². The molecule has 1 aliphatic heterocycles. The normalized spacial score (nSPS) is 19.7. The van der Waals surface area contributed by atoms with E-state index >= 15 is 0 Å². The average molecular weight is 234 g/mol. The lowest BCUT2D eigenvalue weighted by atomic mass is 10.2. The summed E-state index contributed by atoms with van der Waals surface area (Å²) in [5.74, 6) is 0.586. The van der Waals surface area contributed by atoms with Crippen LogP contribution < -0.4 is 5.32 Å². The van der Waals surface area contributed by atoms with Gasteiger partial charge in [-0.1, -0.05) is 5.16 Å². The van der Waals surface area contributed by atoms with Crippen molar-refractivity contribution in [3.8, 4) is 11.6 Å². The highest BCUT2D eigenvalue weighted by Gasteiger charge is 2.22. The molecule has 0 aliphatic carbocycles. The first-order valence-corrected chi connectivity index (χ1v) is 5.52. The van der Waals surface area contributed by atoms with Gasteiger partial charge in [0.1, 0.15) is 11.5 Å². The third-order valence-corrected chi connectivity index (χ3v) is 2.76. The fourth-order valence-corrected chi connectivity index (χ4v) is 1.89. The third kappa shape index (κ3) is 2.03. The van der Waals surface area contributed by atoms with Gasteiger partial charge in [0.25, 0.3) is 5.89 Å². The van der Waals surface area contributed by atoms with Crippen LogP contribution in [0.4, 0.5) is 4.39 Å². The maximum Gasteiger partial charge on any atom is 0.276 e. The molecule has 0 aromatic carbocycles. The van der Waals surface area contributed by atoms with Crippen molar-refractivity contribution in [2.75, 3.05) is 6.54 Å². The molecule has 0 spiro atoms. The molecular formula is C11H11FN4O. The standard InChI is InChI=1S/C11H11FN4O/c12-7-3-4-9(14-6-7)11-15-10(16-17-11)8-2-1-5-13-8/h3-4,6,8,13H,1-2,5H2. The Morgan fingerprint density at radius 3 is 3.06 bits per heavy atom. The number of hydrogen-bond donors (Lipinski definition) is 1. The average Bonchev–Trinajstić information content (AvgIpc) is 3.00. The first-order valence-electron chi connectivity index (χ1n) is 5.52. The van der Waals surface area contributed by atoms with Gasteiger partial charge in [-0.3, -0.25) is 0 Å². The lowest BCUT2D eigenvalue weighted by molar-refractivity contribution is 0.411. The largest absolute Gasteiger partial charge is 0.332 e. The highest BCUT2D eigenvalue weighted by atomic mass is 19.1. The fourth-order valence-electron chi connectivity index (χ4n) is 1.89. The van der Waals surface area contributed by atoms with Crippen LogP contribution in [0.25, 0.3) is 11.6 Å². The molecule has 1 saturated heterocycles. The first kappa shape index (κ1) is 10.3. The fraction of sp³-hybridized carbons (Fsp3) is 0.364. The van der Waals surface area contributed by atoms with Crippen LogP contribution in [0.3, 0.4) is 0 Å². The van der Waals surface area contributed by atoms with E-state index in [1.54, 1.807) is 0 Å². The van der Waals surface area contributed by atoms with Crippen molar-refractivity contribution in [2.24, 2.45) is 0 Å². The molecule has 2 aromatic rings. The summed E-state index contributed by atoms with van der Waals surface area (Å²) in [5.41, 5.74) is 0.489. The molecule has 0 amide bonds. The first-order chi connectivity index (χ1) is 8.33. The zero-order chi connectivity index (χ0) is 11.7. The van der Waals surface area contributed by atoms with Crippen LogP contribution in [-0.2, 0) is 0 Å². The van der Waals surface area contributed by atoms with Gasteiger partial charge in [-0.2, -0.15) is 4.98 Å². The van der Waals surface area contributed by atoms with Crippen LogP contribution in [0.15, 0.2) is 22.9 Å². The minimum Gasteiger partial charge on any atom is -0.332 e. The maximum absolute atomic E-state index is 12.7. The van der Waals surface area contributed by atoms with Gasteiger partial charge in [0, 0.05) is 0 Å². The molecule has 88 valence electrons. The van der Waals surface area contributed by atoms with E-state index in [0.717, 1.165) is 25.6 Å². The number of halogens is 1. The summed E-state index contributed by atoms with van der Waals surface area (Å²) in [5, 5.41) is 7.20. The predicted molar refractivity (Wildman–Crippen MR) is 57.5 cm³/mol. The van der Waals surface area contributed by atoms with Crippen molar-refractivity contribution in [3.05, 3.63) is 30.0 Å². The molecule has 0 bridgehead atoms. The van der Waals surface area contributed by atoms with Gasteiger partial charge in [-0.15, -0.1) is 0 Å². The number of rotatable bonds is 2. The Hall–Kier alpha value is -1.82. The second kappa shape index (κ2) is 4.21. The molecule has 3 rings (SSSR count). The Balaban J connectivity index is 1.86. The molecule has 0 saturated carbocycles. The summed E-state index contributed by atoms with van der Waals surface area (Å²) in [4.78, 5) is 8.16. The number of nitrogens with one attached hydrogen (secondary N) is 1. The number of nitrogens with zero attached hydrogens (tertiary/aromatic N) is 3. The summed E-state index contributed by atoms with van der Waals surface area (Å²) in [7, 11) is 0. The summed E-state index contributed by atoms with van der Waals surface area (Å²) in [6, 6.07) is 3.00. The SMILES string of the molecule is Fc1ccc(-c2nc(C3CCCN3)no2)nc1. The predicted octanol–water partition coefficient (Wildman–Crippen LogP) is 1.70. The van der Waals surface area contributed by atoms with Crippen molar-refractivity contribution in [3.63, 3.8) is 0 Å². The molecule has 5 nitrogen and oxygen atoms in total. The monoisotopic (exact) mass is 234 g/mol. The number of pyridine rings is 1. The van der Waals surface area contributed by atoms with E-state index < -0.39 is 0 Å². The van der Waals surface area contributed by atoms with Gasteiger partial charge in [-0.25, -0.2) is 9.37 Å². The van der Waals surface area contributed by atoms with Crippen molar-refractivity contribution < 1.29 is 8.91 Å². The van der Waals surface area contributed by atoms with Crippen molar-refractivity contribution in [1.29, 1.82) is 0 Å². The lowest BCUT2D eigenvalue weighted by Crippen LogP contribution is -2.14. The summed E-state index contributed by atoms with van der Waals surface area (Å²) >= 11 is 0. The van der Waals surface area contributed by atoms with Crippen LogP contribution in [0.5, 0.6) is 0 Å². The molecule has 17 heavy (non-hydrogen) atoms. The molecule has 1 aliphatic rings. The molecule has 2 aromatic heterocycles. The lowest BCUT2D eigenvalue weighted by Gasteiger charge is -2.01. The molecule has 1 N–H and O–H groups in total. The van der Waals surface area contributed by atoms with Crippen LogP contribution >= 0.6 is 0 Å². The quantitative estimate of drug-likeness (QED) is 0.856. The van der Waals surface area contributed by atoms with E-state index in [0.29, 0.717) is 17.4 Å². The second-order valence-electron chi connectivity index (χ2n) is 3.97. The molecule has 1 fully saturated rings. The Morgan fingerprint density at radius 2 is 2.35 bits per heavy atom. The van der Waals surface area contributed by atoms with Crippen LogP contribution in [-0.4, -0.2) is 21.7 Å². The van der Waals surface area contributed by atoms with Crippen LogP contribution in [0.1, 0.15) is 24.7 Å². The summed E-state index contributed by atoms with van der Waals surface area (Å²) < 4.78 is 17.8. The second-order valence-corrected chi connectivity index (χ2v) is 3.97. The van der Waals surface area contributed by atoms with Crippen LogP contribution in [0, 0.1) is 5.82 Å². The van der Waals surface area contributed by atoms with E-state index in [9.17, 15) is 4.39 Å². The van der Waals surface area contributed by atoms with E-state index in [-0.39, 0.29) is 11.9 Å². The van der Waals surface area contributed by atoms with E-state index in [2.05, 4.69) is 20.4 Å². The smallest absolute Gasteiger partial charge is 0.276 e. The molecule has 1 unspecified atom stereocenters. The topological polar surface area (TPSA) is 63.8 Å². The van der Waals surface area contributed by atoms with E-state index in [1.807, 2.05) is 0 Å². The molecular weight excluding hydrogens is 223 g/mol. The highest BCUT2D eigenvalue weighted by Crippen LogP contribution is 2.22. The number of hydrogen-bond acceptors (Lipinski definition) is 5. The zero-order valence-electron chi connectivity index (χ0n) is 9.06. The summed E-state index contributed by atoms with van der Waals surface area (Å²) in [6.07, 6.45) is 3.26. The Bertz CT molecular complexity index is 504. The van der Waals surface area contributed by atoms with Gasteiger partial charge in [0.05, 0.1) is 12.2 Å². The van der Waals surface area contributed by atoms with Gasteiger partial charge >= 0.3 is 0 Å². The maximum atomic E-state index is 12.7. The summed E-state index contributed by atoms with van der Waals surface area (Å²) in [6.45, 7) is 0.976. The molecule has 6 heteroatoms.